The average Bonchev–Trinajstić information content (AvgIpc) is 2.53. The van der Waals surface area contributed by atoms with Gasteiger partial charge in [0.2, 0.25) is 0 Å². The van der Waals surface area contributed by atoms with Crippen LogP contribution in [0.5, 0.6) is 0 Å². The van der Waals surface area contributed by atoms with Crippen LogP contribution in [0.3, 0.4) is 0 Å². The number of carboxylic acids is 1. The minimum absolute atomic E-state index is 0.00506. The summed E-state index contributed by atoms with van der Waals surface area (Å²) in [4.78, 5) is 22.9. The summed E-state index contributed by atoms with van der Waals surface area (Å²) in [6.45, 7) is 5.06. The Hall–Kier alpha value is -2.97. The number of amides is 1. The maximum absolute atomic E-state index is 12.7. The minimum atomic E-state index is -4.87. The molecule has 0 aliphatic heterocycles. The zero-order chi connectivity index (χ0) is 21.1. The topological polar surface area (TPSA) is 84.9 Å². The van der Waals surface area contributed by atoms with Gasteiger partial charge < -0.3 is 14.6 Å². The molecule has 1 aliphatic rings. The highest BCUT2D eigenvalue weighted by Crippen LogP contribution is 2.35. The molecular formula is C19H20F3NO5. The third-order valence-electron chi connectivity index (χ3n) is 3.58. The molecule has 0 spiro atoms. The SMILES string of the molecule is CC(C)(C)OC(=O)NC1=CC(c2ccc(C(=O)O)cc2)=C(OC(F)(F)F)CC1. The molecule has 2 rings (SSSR count). The first-order chi connectivity index (χ1) is 12.8. The Kier molecular flexibility index (Phi) is 6.06. The average molecular weight is 399 g/mol. The second-order valence-electron chi connectivity index (χ2n) is 7.06. The molecule has 2 N–H and O–H groups in total. The maximum atomic E-state index is 12.7. The lowest BCUT2D eigenvalue weighted by molar-refractivity contribution is -0.306. The lowest BCUT2D eigenvalue weighted by Crippen LogP contribution is -2.32. The zero-order valence-electron chi connectivity index (χ0n) is 15.5. The van der Waals surface area contributed by atoms with Gasteiger partial charge in [-0.1, -0.05) is 12.1 Å². The number of alkyl halides is 3. The third-order valence-corrected chi connectivity index (χ3v) is 3.58. The quantitative estimate of drug-likeness (QED) is 0.757. The fourth-order valence-corrected chi connectivity index (χ4v) is 2.53. The van der Waals surface area contributed by atoms with E-state index in [0.717, 1.165) is 0 Å². The van der Waals surface area contributed by atoms with Gasteiger partial charge in [-0.2, -0.15) is 0 Å². The predicted octanol–water partition coefficient (Wildman–Crippen LogP) is 4.83. The summed E-state index contributed by atoms with van der Waals surface area (Å²) in [7, 11) is 0. The number of halogens is 3. The molecule has 0 heterocycles. The van der Waals surface area contributed by atoms with Crippen LogP contribution in [0.1, 0.15) is 49.5 Å². The van der Waals surface area contributed by atoms with Crippen LogP contribution in [0.15, 0.2) is 41.8 Å². The number of nitrogens with one attached hydrogen (secondary N) is 1. The van der Waals surface area contributed by atoms with Crippen molar-refractivity contribution < 1.29 is 37.3 Å². The highest BCUT2D eigenvalue weighted by atomic mass is 19.4. The summed E-state index contributed by atoms with van der Waals surface area (Å²) >= 11 is 0. The number of carboxylic acid groups (broad SMARTS) is 1. The molecule has 0 bridgehead atoms. The molecule has 6 nitrogen and oxygen atoms in total. The molecule has 28 heavy (non-hydrogen) atoms. The molecule has 1 aliphatic carbocycles. The molecular weight excluding hydrogens is 379 g/mol. The number of alkyl carbamates (subject to hydrolysis) is 1. The Morgan fingerprint density at radius 1 is 1.07 bits per heavy atom. The lowest BCUT2D eigenvalue weighted by atomic mass is 9.95. The summed E-state index contributed by atoms with van der Waals surface area (Å²) in [5.41, 5.74) is 0.0597. The molecule has 0 atom stereocenters. The fraction of sp³-hybridized carbons (Fsp3) is 0.368. The number of hydrogen-bond donors (Lipinski definition) is 2. The smallest absolute Gasteiger partial charge is 0.478 e. The molecule has 9 heteroatoms. The molecule has 0 radical (unpaired) electrons. The summed E-state index contributed by atoms with van der Waals surface area (Å²) in [6.07, 6.45) is -4.21. The number of allylic oxidation sites excluding steroid dienone is 4. The van der Waals surface area contributed by atoms with Crippen molar-refractivity contribution in [2.45, 2.75) is 45.6 Å². The number of rotatable bonds is 4. The lowest BCUT2D eigenvalue weighted by Gasteiger charge is -2.24. The number of hydrogen-bond acceptors (Lipinski definition) is 4. The largest absolute Gasteiger partial charge is 0.572 e. The first-order valence-electron chi connectivity index (χ1n) is 8.37. The van der Waals surface area contributed by atoms with E-state index in [2.05, 4.69) is 10.1 Å². The highest BCUT2D eigenvalue weighted by molar-refractivity contribution is 5.88. The summed E-state index contributed by atoms with van der Waals surface area (Å²) < 4.78 is 47.5. The number of ether oxygens (including phenoxy) is 2. The van der Waals surface area contributed by atoms with Crippen molar-refractivity contribution >= 4 is 17.6 Å². The van der Waals surface area contributed by atoms with Crippen molar-refractivity contribution in [2.75, 3.05) is 0 Å². The second kappa shape index (κ2) is 7.95. The van der Waals surface area contributed by atoms with Gasteiger partial charge in [0.25, 0.3) is 0 Å². The highest BCUT2D eigenvalue weighted by Gasteiger charge is 2.34. The standard InChI is InChI=1S/C19H20F3NO5/c1-18(2,3)28-17(26)23-13-8-9-15(27-19(20,21)22)14(10-13)11-4-6-12(7-5-11)16(24)25/h4-7,10H,8-9H2,1-3H3,(H,23,26)(H,24,25). The molecule has 152 valence electrons. The molecule has 1 amide bonds. The van der Waals surface area contributed by atoms with Crippen molar-refractivity contribution in [1.29, 1.82) is 0 Å². The minimum Gasteiger partial charge on any atom is -0.478 e. The van der Waals surface area contributed by atoms with Crippen molar-refractivity contribution in [2.24, 2.45) is 0 Å². The van der Waals surface area contributed by atoms with Crippen LogP contribution in [-0.4, -0.2) is 29.1 Å². The molecule has 1 aromatic carbocycles. The molecule has 0 saturated heterocycles. The van der Waals surface area contributed by atoms with Crippen LogP contribution >= 0.6 is 0 Å². The van der Waals surface area contributed by atoms with E-state index >= 15 is 0 Å². The second-order valence-corrected chi connectivity index (χ2v) is 7.06. The van der Waals surface area contributed by atoms with Crippen molar-refractivity contribution in [3.05, 3.63) is 52.9 Å². The van der Waals surface area contributed by atoms with Crippen LogP contribution in [0.25, 0.3) is 5.57 Å². The van der Waals surface area contributed by atoms with Crippen LogP contribution in [0, 0.1) is 0 Å². The van der Waals surface area contributed by atoms with E-state index in [9.17, 15) is 22.8 Å². The van der Waals surface area contributed by atoms with Gasteiger partial charge in [0.05, 0.1) is 5.56 Å². The van der Waals surface area contributed by atoms with E-state index in [0.29, 0.717) is 11.3 Å². The summed E-state index contributed by atoms with van der Waals surface area (Å²) in [5, 5.41) is 11.5. The Morgan fingerprint density at radius 3 is 2.18 bits per heavy atom. The van der Waals surface area contributed by atoms with Crippen LogP contribution < -0.4 is 5.32 Å². The Balaban J connectivity index is 2.35. The van der Waals surface area contributed by atoms with Gasteiger partial charge in [0.1, 0.15) is 11.4 Å². The van der Waals surface area contributed by atoms with Crippen molar-refractivity contribution in [1.82, 2.24) is 5.32 Å². The number of aromatic carboxylic acids is 1. The van der Waals surface area contributed by atoms with Gasteiger partial charge in [-0.05, 0) is 51.0 Å². The monoisotopic (exact) mass is 399 g/mol. The summed E-state index contributed by atoms with van der Waals surface area (Å²) in [6, 6.07) is 5.31. The Morgan fingerprint density at radius 2 is 1.68 bits per heavy atom. The number of benzene rings is 1. The van der Waals surface area contributed by atoms with Gasteiger partial charge in [-0.25, -0.2) is 9.59 Å². The third kappa shape index (κ3) is 6.33. The normalized spacial score (nSPS) is 15.0. The van der Waals surface area contributed by atoms with Gasteiger partial charge in [0.15, 0.2) is 0 Å². The van der Waals surface area contributed by atoms with Crippen molar-refractivity contribution in [3.8, 4) is 0 Å². The maximum Gasteiger partial charge on any atom is 0.572 e. The van der Waals surface area contributed by atoms with E-state index in [1.807, 2.05) is 0 Å². The number of carbonyl (C=O) groups is 2. The molecule has 0 aromatic heterocycles. The van der Waals surface area contributed by atoms with Crippen LogP contribution in [0.4, 0.5) is 18.0 Å². The molecule has 0 saturated carbocycles. The van der Waals surface area contributed by atoms with E-state index in [1.54, 1.807) is 20.8 Å². The first kappa shape index (κ1) is 21.3. The van der Waals surface area contributed by atoms with Crippen molar-refractivity contribution in [3.63, 3.8) is 0 Å². The van der Waals surface area contributed by atoms with Crippen LogP contribution in [-0.2, 0) is 9.47 Å². The molecule has 0 unspecified atom stereocenters. The predicted molar refractivity (Wildman–Crippen MR) is 94.1 cm³/mol. The summed E-state index contributed by atoms with van der Waals surface area (Å²) in [5.74, 6) is -1.47. The fourth-order valence-electron chi connectivity index (χ4n) is 2.53. The first-order valence-corrected chi connectivity index (χ1v) is 8.37. The van der Waals surface area contributed by atoms with E-state index in [4.69, 9.17) is 9.84 Å². The van der Waals surface area contributed by atoms with E-state index in [1.165, 1.54) is 30.3 Å². The van der Waals surface area contributed by atoms with E-state index < -0.39 is 24.0 Å². The van der Waals surface area contributed by atoms with Gasteiger partial charge >= 0.3 is 18.4 Å². The van der Waals surface area contributed by atoms with Gasteiger partial charge in [-0.3, -0.25) is 5.32 Å². The van der Waals surface area contributed by atoms with Gasteiger partial charge in [-0.15, -0.1) is 13.2 Å². The molecule has 1 aromatic rings. The zero-order valence-corrected chi connectivity index (χ0v) is 15.5. The van der Waals surface area contributed by atoms with Gasteiger partial charge in [0, 0.05) is 17.7 Å². The Labute approximate surface area is 159 Å². The molecule has 0 fully saturated rings. The number of carbonyl (C=O) groups excluding carboxylic acids is 1. The Bertz CT molecular complexity index is 817. The van der Waals surface area contributed by atoms with Crippen LogP contribution in [0.2, 0.25) is 0 Å². The van der Waals surface area contributed by atoms with E-state index in [-0.39, 0.29) is 29.7 Å².